The molecule has 0 fully saturated rings. The van der Waals surface area contributed by atoms with Crippen LogP contribution in [0.2, 0.25) is 0 Å². The van der Waals surface area contributed by atoms with E-state index in [0.29, 0.717) is 0 Å². The summed E-state index contributed by atoms with van der Waals surface area (Å²) in [6.07, 6.45) is 0. The van der Waals surface area contributed by atoms with Crippen LogP contribution < -0.4 is 9.80 Å². The number of nitrogens with zero attached hydrogens (tertiary/aromatic N) is 2. The highest BCUT2D eigenvalue weighted by Gasteiger charge is 2.35. The molecule has 0 radical (unpaired) electrons. The number of benzene rings is 9. The van der Waals surface area contributed by atoms with Crippen molar-refractivity contribution in [1.29, 1.82) is 0 Å². The summed E-state index contributed by atoms with van der Waals surface area (Å²) in [5.74, 6) is 0. The van der Waals surface area contributed by atoms with E-state index in [0.717, 1.165) is 39.7 Å². The van der Waals surface area contributed by atoms with Crippen LogP contribution in [0.4, 0.5) is 34.1 Å². The van der Waals surface area contributed by atoms with Gasteiger partial charge in [0, 0.05) is 38.9 Å². The molecular formula is C53H40N2. The van der Waals surface area contributed by atoms with E-state index in [1.54, 1.807) is 0 Å². The Morgan fingerprint density at radius 3 is 1.38 bits per heavy atom. The van der Waals surface area contributed by atoms with Crippen LogP contribution in [-0.4, -0.2) is 0 Å². The molecule has 0 atom stereocenters. The standard InChI is InChI=1S/C53H40N2/c1-53(2)49-28-14-13-27-47(49)48-32-31-39(35-50(48)53)40-33-43(54(41-21-5-3-6-22-41)51-29-15-19-37-17-9-11-25-45(37)51)36-44(34-40)55(42-23-7-4-8-24-42)52-30-16-20-38-18-10-12-26-46(38)52/h3-36H,1-2H3. The topological polar surface area (TPSA) is 6.48 Å². The fraction of sp³-hybridized carbons (Fsp3) is 0.0566. The molecule has 0 aliphatic heterocycles. The van der Waals surface area contributed by atoms with E-state index in [2.05, 4.69) is 230 Å². The van der Waals surface area contributed by atoms with Crippen molar-refractivity contribution in [2.24, 2.45) is 0 Å². The molecule has 262 valence electrons. The van der Waals surface area contributed by atoms with Crippen molar-refractivity contribution < 1.29 is 0 Å². The van der Waals surface area contributed by atoms with Gasteiger partial charge in [-0.15, -0.1) is 0 Å². The smallest absolute Gasteiger partial charge is 0.0540 e. The first-order valence-corrected chi connectivity index (χ1v) is 19.1. The molecule has 0 saturated carbocycles. The SMILES string of the molecule is CC1(C)c2ccccc2-c2ccc(-c3cc(N(c4ccccc4)c4cccc5ccccc45)cc(N(c4ccccc4)c4cccc5ccccc45)c3)cc21. The lowest BCUT2D eigenvalue weighted by atomic mass is 9.81. The van der Waals surface area contributed by atoms with Crippen LogP contribution in [0.5, 0.6) is 0 Å². The van der Waals surface area contributed by atoms with Crippen LogP contribution in [-0.2, 0) is 5.41 Å². The maximum absolute atomic E-state index is 2.44. The molecule has 0 unspecified atom stereocenters. The Balaban J connectivity index is 1.27. The Morgan fingerprint density at radius 1 is 0.327 bits per heavy atom. The van der Waals surface area contributed by atoms with Gasteiger partial charge in [0.25, 0.3) is 0 Å². The molecule has 9 aromatic rings. The minimum absolute atomic E-state index is 0.111. The Morgan fingerprint density at radius 2 is 0.800 bits per heavy atom. The minimum atomic E-state index is -0.111. The first-order chi connectivity index (χ1) is 27.0. The van der Waals surface area contributed by atoms with Gasteiger partial charge in [0.2, 0.25) is 0 Å². The van der Waals surface area contributed by atoms with Gasteiger partial charge in [0.15, 0.2) is 0 Å². The highest BCUT2D eigenvalue weighted by atomic mass is 15.2. The number of para-hydroxylation sites is 2. The highest BCUT2D eigenvalue weighted by molar-refractivity contribution is 6.02. The lowest BCUT2D eigenvalue weighted by molar-refractivity contribution is 0.660. The molecule has 0 aromatic heterocycles. The third-order valence-electron chi connectivity index (χ3n) is 11.4. The molecule has 0 heterocycles. The van der Waals surface area contributed by atoms with Gasteiger partial charge in [-0.3, -0.25) is 0 Å². The predicted molar refractivity (Wildman–Crippen MR) is 234 cm³/mol. The fourth-order valence-electron chi connectivity index (χ4n) is 8.72. The largest absolute Gasteiger partial charge is 0.310 e. The van der Waals surface area contributed by atoms with Crippen LogP contribution in [0, 0.1) is 0 Å². The molecule has 1 aliphatic rings. The maximum atomic E-state index is 2.44. The van der Waals surface area contributed by atoms with Crippen LogP contribution in [0.3, 0.4) is 0 Å². The average Bonchev–Trinajstić information content (AvgIpc) is 3.47. The summed E-state index contributed by atoms with van der Waals surface area (Å²) in [6.45, 7) is 4.72. The molecule has 0 saturated heterocycles. The van der Waals surface area contributed by atoms with E-state index in [9.17, 15) is 0 Å². The van der Waals surface area contributed by atoms with Crippen LogP contribution in [0.15, 0.2) is 206 Å². The molecule has 2 heteroatoms. The quantitative estimate of drug-likeness (QED) is 0.163. The van der Waals surface area contributed by atoms with Gasteiger partial charge in [-0.25, -0.2) is 0 Å². The van der Waals surface area contributed by atoms with Crippen LogP contribution in [0.25, 0.3) is 43.8 Å². The van der Waals surface area contributed by atoms with Crippen molar-refractivity contribution >= 4 is 55.7 Å². The van der Waals surface area contributed by atoms with Gasteiger partial charge in [0.1, 0.15) is 0 Å². The van der Waals surface area contributed by atoms with E-state index in [1.807, 2.05) is 0 Å². The first-order valence-electron chi connectivity index (χ1n) is 19.1. The molecule has 55 heavy (non-hydrogen) atoms. The summed E-state index contributed by atoms with van der Waals surface area (Å²) in [5.41, 5.74) is 14.3. The monoisotopic (exact) mass is 704 g/mol. The second-order valence-electron chi connectivity index (χ2n) is 15.0. The number of rotatable bonds is 7. The lowest BCUT2D eigenvalue weighted by Gasteiger charge is -2.31. The zero-order valence-electron chi connectivity index (χ0n) is 31.0. The number of hydrogen-bond acceptors (Lipinski definition) is 2. The van der Waals surface area contributed by atoms with Crippen LogP contribution >= 0.6 is 0 Å². The highest BCUT2D eigenvalue weighted by Crippen LogP contribution is 2.51. The molecule has 1 aliphatic carbocycles. The molecule has 0 spiro atoms. The summed E-state index contributed by atoms with van der Waals surface area (Å²) in [4.78, 5) is 4.85. The third kappa shape index (κ3) is 5.57. The van der Waals surface area contributed by atoms with E-state index < -0.39 is 0 Å². The second-order valence-corrected chi connectivity index (χ2v) is 15.0. The third-order valence-corrected chi connectivity index (χ3v) is 11.4. The summed E-state index contributed by atoms with van der Waals surface area (Å²) < 4.78 is 0. The summed E-state index contributed by atoms with van der Waals surface area (Å²) in [6, 6.07) is 75.3. The summed E-state index contributed by atoms with van der Waals surface area (Å²) in [5, 5.41) is 4.82. The zero-order chi connectivity index (χ0) is 36.9. The van der Waals surface area contributed by atoms with Crippen molar-refractivity contribution in [2.45, 2.75) is 19.3 Å². The summed E-state index contributed by atoms with van der Waals surface area (Å²) in [7, 11) is 0. The number of fused-ring (bicyclic) bond motifs is 5. The first kappa shape index (κ1) is 32.7. The molecule has 10 rings (SSSR count). The van der Waals surface area contributed by atoms with Gasteiger partial charge < -0.3 is 9.80 Å². The van der Waals surface area contributed by atoms with Crippen LogP contribution in [0.1, 0.15) is 25.0 Å². The predicted octanol–water partition coefficient (Wildman–Crippen LogP) is 14.9. The van der Waals surface area contributed by atoms with Gasteiger partial charge in [-0.1, -0.05) is 159 Å². The molecule has 0 amide bonds. The molecule has 0 N–H and O–H groups in total. The van der Waals surface area contributed by atoms with E-state index in [1.165, 1.54) is 49.4 Å². The zero-order valence-corrected chi connectivity index (χ0v) is 31.0. The van der Waals surface area contributed by atoms with E-state index in [4.69, 9.17) is 0 Å². The van der Waals surface area contributed by atoms with Crippen molar-refractivity contribution in [1.82, 2.24) is 0 Å². The number of anilines is 6. The van der Waals surface area contributed by atoms with Gasteiger partial charge >= 0.3 is 0 Å². The molecule has 2 nitrogen and oxygen atoms in total. The Labute approximate surface area is 323 Å². The summed E-state index contributed by atoms with van der Waals surface area (Å²) >= 11 is 0. The van der Waals surface area contributed by atoms with E-state index >= 15 is 0 Å². The van der Waals surface area contributed by atoms with Gasteiger partial charge in [-0.05, 0) is 105 Å². The van der Waals surface area contributed by atoms with E-state index in [-0.39, 0.29) is 5.41 Å². The maximum Gasteiger partial charge on any atom is 0.0540 e. The molecular weight excluding hydrogens is 665 g/mol. The number of hydrogen-bond donors (Lipinski definition) is 0. The Kier molecular flexibility index (Phi) is 7.85. The Hall–Kier alpha value is -6.90. The van der Waals surface area contributed by atoms with Gasteiger partial charge in [-0.2, -0.15) is 0 Å². The second kappa shape index (κ2) is 13.2. The fourth-order valence-corrected chi connectivity index (χ4v) is 8.72. The normalized spacial score (nSPS) is 12.7. The van der Waals surface area contributed by atoms with Crippen molar-refractivity contribution in [3.63, 3.8) is 0 Å². The van der Waals surface area contributed by atoms with Crippen molar-refractivity contribution in [3.8, 4) is 22.3 Å². The molecule has 9 aromatic carbocycles. The average molecular weight is 705 g/mol. The minimum Gasteiger partial charge on any atom is -0.310 e. The van der Waals surface area contributed by atoms with Crippen molar-refractivity contribution in [3.05, 3.63) is 217 Å². The van der Waals surface area contributed by atoms with Crippen molar-refractivity contribution in [2.75, 3.05) is 9.80 Å². The molecule has 0 bridgehead atoms. The lowest BCUT2D eigenvalue weighted by Crippen LogP contribution is -2.15. The van der Waals surface area contributed by atoms with Gasteiger partial charge in [0.05, 0.1) is 11.4 Å². The Bertz CT molecular complexity index is 2700.